The summed E-state index contributed by atoms with van der Waals surface area (Å²) in [7, 11) is 0. The fraction of sp³-hybridized carbons (Fsp3) is 0.550. The summed E-state index contributed by atoms with van der Waals surface area (Å²) in [6, 6.07) is 5.37. The molecule has 2 saturated heterocycles. The van der Waals surface area contributed by atoms with Crippen LogP contribution in [0.5, 0.6) is 0 Å². The molecule has 5 heteroatoms. The molecule has 136 valence electrons. The molecule has 3 rings (SSSR count). The van der Waals surface area contributed by atoms with E-state index < -0.39 is 0 Å². The predicted molar refractivity (Wildman–Crippen MR) is 103 cm³/mol. The van der Waals surface area contributed by atoms with Crippen LogP contribution in [-0.2, 0) is 4.79 Å². The fourth-order valence-electron chi connectivity index (χ4n) is 3.91. The summed E-state index contributed by atoms with van der Waals surface area (Å²) in [5.74, 6) is 2.48. The van der Waals surface area contributed by atoms with Gasteiger partial charge < -0.3 is 4.90 Å². The Labute approximate surface area is 154 Å². The Morgan fingerprint density at radius 2 is 2.12 bits per heavy atom. The SMILES string of the molecule is C=CCN1CC(C(=O)N2CCSCC2)CC(c2ccc(F)c(C)c2)C1. The molecule has 1 aromatic carbocycles. The van der Waals surface area contributed by atoms with Crippen molar-refractivity contribution >= 4 is 17.7 Å². The second-order valence-corrected chi connectivity index (χ2v) is 8.31. The maximum atomic E-state index is 13.6. The van der Waals surface area contributed by atoms with Crippen LogP contribution < -0.4 is 0 Å². The molecule has 0 aliphatic carbocycles. The number of rotatable bonds is 4. The number of amides is 1. The van der Waals surface area contributed by atoms with Crippen LogP contribution in [0.15, 0.2) is 30.9 Å². The average molecular weight is 363 g/mol. The Morgan fingerprint density at radius 3 is 2.80 bits per heavy atom. The third-order valence-electron chi connectivity index (χ3n) is 5.24. The van der Waals surface area contributed by atoms with E-state index in [9.17, 15) is 9.18 Å². The Morgan fingerprint density at radius 1 is 1.36 bits per heavy atom. The van der Waals surface area contributed by atoms with Gasteiger partial charge in [0, 0.05) is 44.2 Å². The number of carbonyl (C=O) groups is 1. The monoisotopic (exact) mass is 362 g/mol. The van der Waals surface area contributed by atoms with Crippen LogP contribution in [0.2, 0.25) is 0 Å². The third kappa shape index (κ3) is 4.45. The van der Waals surface area contributed by atoms with Gasteiger partial charge in [0.05, 0.1) is 5.92 Å². The number of carbonyl (C=O) groups excluding carboxylic acids is 1. The van der Waals surface area contributed by atoms with Crippen molar-refractivity contribution in [2.45, 2.75) is 19.3 Å². The zero-order chi connectivity index (χ0) is 17.8. The van der Waals surface area contributed by atoms with Crippen LogP contribution in [0.3, 0.4) is 0 Å². The number of benzene rings is 1. The zero-order valence-corrected chi connectivity index (χ0v) is 15.7. The predicted octanol–water partition coefficient (Wildman–Crippen LogP) is 3.30. The highest BCUT2D eigenvalue weighted by Crippen LogP contribution is 2.32. The molecule has 2 aliphatic heterocycles. The van der Waals surface area contributed by atoms with Gasteiger partial charge in [-0.3, -0.25) is 9.69 Å². The third-order valence-corrected chi connectivity index (χ3v) is 6.18. The van der Waals surface area contributed by atoms with E-state index in [1.807, 2.05) is 34.9 Å². The van der Waals surface area contributed by atoms with E-state index in [4.69, 9.17) is 0 Å². The quantitative estimate of drug-likeness (QED) is 0.768. The van der Waals surface area contributed by atoms with Crippen molar-refractivity contribution < 1.29 is 9.18 Å². The lowest BCUT2D eigenvalue weighted by molar-refractivity contribution is -0.137. The standard InChI is InChI=1S/C20H27FN2OS/c1-3-6-22-13-17(16-4-5-19(21)15(2)11-16)12-18(14-22)20(24)23-7-9-25-10-8-23/h3-5,11,17-18H,1,6-10,12-14H2,2H3. The smallest absolute Gasteiger partial charge is 0.227 e. The van der Waals surface area contributed by atoms with Gasteiger partial charge in [0.2, 0.25) is 5.91 Å². The van der Waals surface area contributed by atoms with Crippen molar-refractivity contribution in [2.24, 2.45) is 5.92 Å². The van der Waals surface area contributed by atoms with Gasteiger partial charge in [0.1, 0.15) is 5.82 Å². The summed E-state index contributed by atoms with van der Waals surface area (Å²) in [4.78, 5) is 17.3. The van der Waals surface area contributed by atoms with Crippen molar-refractivity contribution in [1.29, 1.82) is 0 Å². The van der Waals surface area contributed by atoms with Gasteiger partial charge in [-0.15, -0.1) is 6.58 Å². The van der Waals surface area contributed by atoms with Gasteiger partial charge in [-0.2, -0.15) is 11.8 Å². The molecular weight excluding hydrogens is 335 g/mol. The van der Waals surface area contributed by atoms with Crippen LogP contribution in [-0.4, -0.2) is 59.9 Å². The number of nitrogens with zero attached hydrogens (tertiary/aromatic N) is 2. The summed E-state index contributed by atoms with van der Waals surface area (Å²) in [6.45, 7) is 9.86. The lowest BCUT2D eigenvalue weighted by Gasteiger charge is -2.39. The minimum absolute atomic E-state index is 0.0205. The molecule has 0 bridgehead atoms. The molecule has 25 heavy (non-hydrogen) atoms. The lowest BCUT2D eigenvalue weighted by Crippen LogP contribution is -2.49. The second-order valence-electron chi connectivity index (χ2n) is 7.08. The average Bonchev–Trinajstić information content (AvgIpc) is 2.64. The minimum Gasteiger partial charge on any atom is -0.341 e. The summed E-state index contributed by atoms with van der Waals surface area (Å²) in [5.41, 5.74) is 1.81. The summed E-state index contributed by atoms with van der Waals surface area (Å²) >= 11 is 1.92. The van der Waals surface area contributed by atoms with Gasteiger partial charge in [0.25, 0.3) is 0 Å². The largest absolute Gasteiger partial charge is 0.341 e. The van der Waals surface area contributed by atoms with E-state index in [0.717, 1.165) is 56.2 Å². The second kappa shape index (κ2) is 8.37. The normalized spacial score (nSPS) is 25.0. The van der Waals surface area contributed by atoms with Crippen LogP contribution in [0.25, 0.3) is 0 Å². The Kier molecular flexibility index (Phi) is 6.18. The number of halogens is 1. The van der Waals surface area contributed by atoms with Crippen molar-refractivity contribution in [3.63, 3.8) is 0 Å². The van der Waals surface area contributed by atoms with E-state index in [1.165, 1.54) is 0 Å². The Balaban J connectivity index is 1.77. The fourth-order valence-corrected chi connectivity index (χ4v) is 4.81. The van der Waals surface area contributed by atoms with Crippen LogP contribution in [0.1, 0.15) is 23.5 Å². The van der Waals surface area contributed by atoms with Crippen molar-refractivity contribution in [3.8, 4) is 0 Å². The molecular formula is C20H27FN2OS. The van der Waals surface area contributed by atoms with E-state index in [0.29, 0.717) is 5.56 Å². The number of hydrogen-bond acceptors (Lipinski definition) is 3. The van der Waals surface area contributed by atoms with Crippen molar-refractivity contribution in [3.05, 3.63) is 47.8 Å². The van der Waals surface area contributed by atoms with Crippen LogP contribution in [0.4, 0.5) is 4.39 Å². The van der Waals surface area contributed by atoms with Crippen molar-refractivity contribution in [2.75, 3.05) is 44.2 Å². The molecule has 2 unspecified atom stereocenters. The summed E-state index contributed by atoms with van der Waals surface area (Å²) in [6.07, 6.45) is 2.75. The van der Waals surface area contributed by atoms with Crippen molar-refractivity contribution in [1.82, 2.24) is 9.80 Å². The van der Waals surface area contributed by atoms with Gasteiger partial charge in [0.15, 0.2) is 0 Å². The van der Waals surface area contributed by atoms with E-state index in [1.54, 1.807) is 13.0 Å². The molecule has 0 aromatic heterocycles. The first kappa shape index (κ1) is 18.5. The Hall–Kier alpha value is -1.33. The molecule has 1 aromatic rings. The maximum absolute atomic E-state index is 13.6. The van der Waals surface area contributed by atoms with Gasteiger partial charge in [-0.1, -0.05) is 18.2 Å². The topological polar surface area (TPSA) is 23.6 Å². The number of piperidine rings is 1. The number of likely N-dealkylation sites (tertiary alicyclic amines) is 1. The molecule has 2 heterocycles. The molecule has 0 spiro atoms. The minimum atomic E-state index is -0.166. The lowest BCUT2D eigenvalue weighted by atomic mass is 9.83. The molecule has 2 atom stereocenters. The van der Waals surface area contributed by atoms with Gasteiger partial charge >= 0.3 is 0 Å². The first-order chi connectivity index (χ1) is 12.1. The molecule has 0 saturated carbocycles. The Bertz CT molecular complexity index is 630. The highest BCUT2D eigenvalue weighted by Gasteiger charge is 2.34. The highest BCUT2D eigenvalue weighted by molar-refractivity contribution is 7.99. The van der Waals surface area contributed by atoms with Crippen LogP contribution in [0, 0.1) is 18.7 Å². The molecule has 0 radical (unpaired) electrons. The molecule has 2 aliphatic rings. The first-order valence-electron chi connectivity index (χ1n) is 9.04. The van der Waals surface area contributed by atoms with E-state index in [-0.39, 0.29) is 23.6 Å². The number of hydrogen-bond donors (Lipinski definition) is 0. The van der Waals surface area contributed by atoms with Crippen LogP contribution >= 0.6 is 11.8 Å². The molecule has 1 amide bonds. The summed E-state index contributed by atoms with van der Waals surface area (Å²) < 4.78 is 13.6. The number of aryl methyl sites for hydroxylation is 1. The maximum Gasteiger partial charge on any atom is 0.227 e. The number of thioether (sulfide) groups is 1. The van der Waals surface area contributed by atoms with E-state index >= 15 is 0 Å². The highest BCUT2D eigenvalue weighted by atomic mass is 32.2. The molecule has 2 fully saturated rings. The first-order valence-corrected chi connectivity index (χ1v) is 10.2. The summed E-state index contributed by atoms with van der Waals surface area (Å²) in [5, 5.41) is 0. The zero-order valence-electron chi connectivity index (χ0n) is 14.9. The van der Waals surface area contributed by atoms with Gasteiger partial charge in [-0.05, 0) is 36.5 Å². The molecule has 0 N–H and O–H groups in total. The van der Waals surface area contributed by atoms with E-state index in [2.05, 4.69) is 11.5 Å². The van der Waals surface area contributed by atoms with Gasteiger partial charge in [-0.25, -0.2) is 4.39 Å². The molecule has 3 nitrogen and oxygen atoms in total.